The van der Waals surface area contributed by atoms with Crippen LogP contribution in [0.3, 0.4) is 0 Å². The van der Waals surface area contributed by atoms with Crippen LogP contribution in [0, 0.1) is 0 Å². The molecule has 2 atom stereocenters. The molecule has 1 heterocycles. The molecule has 0 aliphatic heterocycles. The van der Waals surface area contributed by atoms with Gasteiger partial charge in [-0.25, -0.2) is 9.97 Å². The smallest absolute Gasteiger partial charge is 0.158 e. The van der Waals surface area contributed by atoms with Crippen molar-refractivity contribution >= 4 is 22.4 Å². The highest BCUT2D eigenvalue weighted by molar-refractivity contribution is 7.84. The molecule has 0 bridgehead atoms. The fourth-order valence-corrected chi connectivity index (χ4v) is 2.45. The van der Waals surface area contributed by atoms with Crippen molar-refractivity contribution in [1.29, 1.82) is 0 Å². The van der Waals surface area contributed by atoms with E-state index in [4.69, 9.17) is 4.74 Å². The average Bonchev–Trinajstić information content (AvgIpc) is 2.43. The molecule has 1 aromatic heterocycles. The number of ether oxygens (including phenoxy) is 1. The number of nitrogens with zero attached hydrogens (tertiary/aromatic N) is 2. The Bertz CT molecular complexity index is 457. The van der Waals surface area contributed by atoms with Crippen molar-refractivity contribution in [3.63, 3.8) is 0 Å². The maximum Gasteiger partial charge on any atom is 0.158 e. The van der Waals surface area contributed by atoms with Crippen molar-refractivity contribution in [2.75, 3.05) is 35.8 Å². The Morgan fingerprint density at radius 3 is 2.67 bits per heavy atom. The van der Waals surface area contributed by atoms with Gasteiger partial charge >= 0.3 is 0 Å². The van der Waals surface area contributed by atoms with Crippen LogP contribution in [0.2, 0.25) is 0 Å². The van der Waals surface area contributed by atoms with Crippen LogP contribution in [0.25, 0.3) is 0 Å². The van der Waals surface area contributed by atoms with Gasteiger partial charge in [-0.1, -0.05) is 0 Å². The van der Waals surface area contributed by atoms with E-state index in [1.165, 1.54) is 0 Å². The normalized spacial score (nSPS) is 13.7. The molecule has 0 aliphatic rings. The summed E-state index contributed by atoms with van der Waals surface area (Å²) in [5.41, 5.74) is 0. The number of hydrogen-bond donors (Lipinski definition) is 2. The molecule has 7 heteroatoms. The highest BCUT2D eigenvalue weighted by Crippen LogP contribution is 2.14. The summed E-state index contributed by atoms with van der Waals surface area (Å²) in [5, 5.41) is 6.52. The summed E-state index contributed by atoms with van der Waals surface area (Å²) in [5.74, 6) is 2.90. The molecule has 1 rings (SSSR count). The summed E-state index contributed by atoms with van der Waals surface area (Å²) in [7, 11) is -0.765. The van der Waals surface area contributed by atoms with Crippen molar-refractivity contribution < 1.29 is 8.95 Å². The van der Waals surface area contributed by atoms with E-state index in [-0.39, 0.29) is 6.04 Å². The zero-order valence-electron chi connectivity index (χ0n) is 13.3. The molecule has 0 saturated heterocycles. The van der Waals surface area contributed by atoms with Gasteiger partial charge in [0.2, 0.25) is 0 Å². The first-order valence-corrected chi connectivity index (χ1v) is 9.04. The van der Waals surface area contributed by atoms with Crippen molar-refractivity contribution in [2.24, 2.45) is 0 Å². The summed E-state index contributed by atoms with van der Waals surface area (Å²) in [4.78, 5) is 8.86. The third-order valence-corrected chi connectivity index (χ3v) is 3.61. The van der Waals surface area contributed by atoms with E-state index in [1.54, 1.807) is 6.26 Å². The number of aromatic nitrogens is 2. The Morgan fingerprint density at radius 2 is 2.05 bits per heavy atom. The van der Waals surface area contributed by atoms with Gasteiger partial charge in [0.1, 0.15) is 18.2 Å². The van der Waals surface area contributed by atoms with E-state index < -0.39 is 10.8 Å². The zero-order valence-corrected chi connectivity index (χ0v) is 14.1. The molecule has 120 valence electrons. The first-order chi connectivity index (χ1) is 10.0. The van der Waals surface area contributed by atoms with E-state index in [2.05, 4.69) is 27.5 Å². The number of nitrogens with one attached hydrogen (secondary N) is 2. The SMILES string of the molecule is CCNc1cc(NC(C)CCS(C)=O)nc(COCC)n1. The Labute approximate surface area is 129 Å². The minimum atomic E-state index is -0.765. The second kappa shape index (κ2) is 9.68. The first-order valence-electron chi connectivity index (χ1n) is 7.31. The van der Waals surface area contributed by atoms with Crippen LogP contribution in [-0.4, -0.2) is 45.4 Å². The van der Waals surface area contributed by atoms with E-state index >= 15 is 0 Å². The largest absolute Gasteiger partial charge is 0.374 e. The molecular weight excluding hydrogens is 288 g/mol. The molecule has 2 N–H and O–H groups in total. The molecular formula is C14H26N4O2S. The van der Waals surface area contributed by atoms with E-state index in [0.717, 1.165) is 24.6 Å². The maximum atomic E-state index is 11.1. The molecule has 1 aromatic rings. The Balaban J connectivity index is 2.73. The van der Waals surface area contributed by atoms with Crippen LogP contribution in [0.15, 0.2) is 6.07 Å². The van der Waals surface area contributed by atoms with Gasteiger partial charge in [-0.05, 0) is 27.2 Å². The van der Waals surface area contributed by atoms with Gasteiger partial charge in [0.25, 0.3) is 0 Å². The third-order valence-electron chi connectivity index (χ3n) is 2.80. The highest BCUT2D eigenvalue weighted by atomic mass is 32.2. The lowest BCUT2D eigenvalue weighted by Gasteiger charge is -2.15. The third kappa shape index (κ3) is 7.38. The summed E-state index contributed by atoms with van der Waals surface area (Å²) < 4.78 is 16.5. The predicted molar refractivity (Wildman–Crippen MR) is 88.2 cm³/mol. The van der Waals surface area contributed by atoms with E-state index in [0.29, 0.717) is 24.8 Å². The van der Waals surface area contributed by atoms with Gasteiger partial charge in [0.15, 0.2) is 5.82 Å². The lowest BCUT2D eigenvalue weighted by Crippen LogP contribution is -2.19. The summed E-state index contributed by atoms with van der Waals surface area (Å²) in [6.07, 6.45) is 2.56. The molecule has 0 aromatic carbocycles. The molecule has 0 fully saturated rings. The Kier molecular flexibility index (Phi) is 8.22. The van der Waals surface area contributed by atoms with Gasteiger partial charge in [0, 0.05) is 48.1 Å². The number of hydrogen-bond acceptors (Lipinski definition) is 6. The fraction of sp³-hybridized carbons (Fsp3) is 0.714. The maximum absolute atomic E-state index is 11.1. The first kappa shape index (κ1) is 17.8. The number of anilines is 2. The average molecular weight is 314 g/mol. The van der Waals surface area contributed by atoms with Crippen LogP contribution < -0.4 is 10.6 Å². The van der Waals surface area contributed by atoms with Crippen molar-refractivity contribution in [1.82, 2.24) is 9.97 Å². The fourth-order valence-electron chi connectivity index (χ4n) is 1.77. The van der Waals surface area contributed by atoms with E-state index in [9.17, 15) is 4.21 Å². The van der Waals surface area contributed by atoms with Crippen molar-refractivity contribution in [3.8, 4) is 0 Å². The molecule has 2 unspecified atom stereocenters. The van der Waals surface area contributed by atoms with Gasteiger partial charge in [-0.3, -0.25) is 4.21 Å². The van der Waals surface area contributed by atoms with Gasteiger partial charge in [0.05, 0.1) is 0 Å². The van der Waals surface area contributed by atoms with Crippen molar-refractivity contribution in [2.45, 2.75) is 39.8 Å². The second-order valence-corrected chi connectivity index (χ2v) is 6.39. The highest BCUT2D eigenvalue weighted by Gasteiger charge is 2.08. The van der Waals surface area contributed by atoms with E-state index in [1.807, 2.05) is 19.9 Å². The van der Waals surface area contributed by atoms with Crippen LogP contribution in [-0.2, 0) is 22.1 Å². The lowest BCUT2D eigenvalue weighted by atomic mass is 10.2. The summed E-state index contributed by atoms with van der Waals surface area (Å²) >= 11 is 0. The minimum Gasteiger partial charge on any atom is -0.374 e. The van der Waals surface area contributed by atoms with Crippen LogP contribution in [0.4, 0.5) is 11.6 Å². The Hall–Kier alpha value is -1.21. The lowest BCUT2D eigenvalue weighted by molar-refractivity contribution is 0.128. The predicted octanol–water partition coefficient (Wildman–Crippen LogP) is 2.01. The summed E-state index contributed by atoms with van der Waals surface area (Å²) in [6, 6.07) is 2.09. The zero-order chi connectivity index (χ0) is 15.7. The Morgan fingerprint density at radius 1 is 1.33 bits per heavy atom. The van der Waals surface area contributed by atoms with Crippen LogP contribution in [0.5, 0.6) is 0 Å². The van der Waals surface area contributed by atoms with Gasteiger partial charge in [-0.15, -0.1) is 0 Å². The second-order valence-electron chi connectivity index (χ2n) is 4.83. The molecule has 0 saturated carbocycles. The molecule has 6 nitrogen and oxygen atoms in total. The topological polar surface area (TPSA) is 76.1 Å². The minimum absolute atomic E-state index is 0.207. The monoisotopic (exact) mass is 314 g/mol. The van der Waals surface area contributed by atoms with Crippen LogP contribution in [0.1, 0.15) is 33.0 Å². The molecule has 0 spiro atoms. The standard InChI is InChI=1S/C14H26N4O2S/c1-5-15-12-9-13(16-11(3)7-8-21(4)19)18-14(17-12)10-20-6-2/h9,11H,5-8,10H2,1-4H3,(H2,15,16,17,18). The van der Waals surface area contributed by atoms with Crippen molar-refractivity contribution in [3.05, 3.63) is 11.9 Å². The van der Waals surface area contributed by atoms with Crippen LogP contribution >= 0.6 is 0 Å². The number of rotatable bonds is 10. The molecule has 0 radical (unpaired) electrons. The summed E-state index contributed by atoms with van der Waals surface area (Å²) in [6.45, 7) is 7.86. The molecule has 0 amide bonds. The van der Waals surface area contributed by atoms with Gasteiger partial charge in [-0.2, -0.15) is 0 Å². The molecule has 0 aliphatic carbocycles. The molecule has 21 heavy (non-hydrogen) atoms. The van der Waals surface area contributed by atoms with Gasteiger partial charge < -0.3 is 15.4 Å². The quantitative estimate of drug-likeness (QED) is 0.688.